The second-order valence-electron chi connectivity index (χ2n) is 21.9. The third-order valence-corrected chi connectivity index (χ3v) is 14.0. The van der Waals surface area contributed by atoms with Crippen molar-refractivity contribution in [3.63, 3.8) is 0 Å². The summed E-state index contributed by atoms with van der Waals surface area (Å²) in [7, 11) is 0. The molecule has 0 bridgehead atoms. The van der Waals surface area contributed by atoms with Gasteiger partial charge in [-0.1, -0.05) is 304 Å². The van der Waals surface area contributed by atoms with Crippen molar-refractivity contribution in [2.45, 2.75) is 349 Å². The van der Waals surface area contributed by atoms with Gasteiger partial charge in [0.25, 0.3) is 0 Å². The maximum absolute atomic E-state index is 12.9. The van der Waals surface area contributed by atoms with Gasteiger partial charge in [-0.15, -0.1) is 0 Å². The van der Waals surface area contributed by atoms with E-state index in [0.29, 0.717) is 19.3 Å². The first-order valence-electron chi connectivity index (χ1n) is 30.2. The van der Waals surface area contributed by atoms with E-state index < -0.39 is 6.10 Å². The van der Waals surface area contributed by atoms with E-state index in [1.807, 2.05) is 0 Å². The van der Waals surface area contributed by atoms with Crippen LogP contribution in [0.3, 0.4) is 0 Å². The lowest BCUT2D eigenvalue weighted by Gasteiger charge is -2.18. The van der Waals surface area contributed by atoms with Gasteiger partial charge in [-0.25, -0.2) is 0 Å². The quantitative estimate of drug-likeness (QED) is 0.0343. The number of hydrogen-bond acceptors (Lipinski definition) is 6. The number of esters is 3. The highest BCUT2D eigenvalue weighted by atomic mass is 16.6. The normalized spacial score (nSPS) is 12.0. The van der Waals surface area contributed by atoms with Gasteiger partial charge < -0.3 is 14.2 Å². The summed E-state index contributed by atoms with van der Waals surface area (Å²) in [4.78, 5) is 38.2. The Labute approximate surface area is 418 Å². The molecule has 0 spiro atoms. The summed E-state index contributed by atoms with van der Waals surface area (Å²) in [6.45, 7) is 11.4. The van der Waals surface area contributed by atoms with E-state index in [1.165, 1.54) is 231 Å². The van der Waals surface area contributed by atoms with Crippen LogP contribution in [0, 0.1) is 11.8 Å². The van der Waals surface area contributed by atoms with Gasteiger partial charge in [0.1, 0.15) is 13.2 Å². The Morgan fingerprint density at radius 3 is 0.731 bits per heavy atom. The van der Waals surface area contributed by atoms with Crippen molar-refractivity contribution in [2.24, 2.45) is 11.8 Å². The van der Waals surface area contributed by atoms with Crippen molar-refractivity contribution in [1.82, 2.24) is 0 Å². The minimum absolute atomic E-state index is 0.0624. The molecule has 6 nitrogen and oxygen atoms in total. The molecular weight excluding hydrogens is 829 g/mol. The van der Waals surface area contributed by atoms with Crippen LogP contribution in [-0.4, -0.2) is 37.2 Å². The molecule has 0 aliphatic rings. The van der Waals surface area contributed by atoms with Gasteiger partial charge in [0, 0.05) is 19.3 Å². The Bertz CT molecular complexity index is 1020. The molecule has 0 fully saturated rings. The highest BCUT2D eigenvalue weighted by Gasteiger charge is 2.19. The summed E-state index contributed by atoms with van der Waals surface area (Å²) in [5, 5.41) is 0. The summed E-state index contributed by atoms with van der Waals surface area (Å²) in [5.41, 5.74) is 0. The first-order chi connectivity index (χ1) is 32.7. The standard InChI is InChI=1S/C61H118O6/c1-6-7-8-9-10-11-12-13-14-15-16-17-22-27-33-38-43-48-53-61(64)67-58(55-66-60(63)52-47-42-37-32-28-23-25-30-35-40-45-50-57(4)5)54-65-59(62)51-46-41-36-31-26-21-19-18-20-24-29-34-39-44-49-56(2)3/h56-58H,6-55H2,1-5H3/t58-/m1/s1. The van der Waals surface area contributed by atoms with E-state index in [1.54, 1.807) is 0 Å². The van der Waals surface area contributed by atoms with Crippen LogP contribution in [-0.2, 0) is 28.6 Å². The highest BCUT2D eigenvalue weighted by molar-refractivity contribution is 5.71. The summed E-state index contributed by atoms with van der Waals surface area (Å²) >= 11 is 0. The Balaban J connectivity index is 4.29. The molecule has 0 amide bonds. The molecule has 0 saturated carbocycles. The monoisotopic (exact) mass is 947 g/mol. The fourth-order valence-electron chi connectivity index (χ4n) is 9.40. The van der Waals surface area contributed by atoms with Gasteiger partial charge >= 0.3 is 17.9 Å². The van der Waals surface area contributed by atoms with Crippen molar-refractivity contribution in [1.29, 1.82) is 0 Å². The third kappa shape index (κ3) is 55.2. The van der Waals surface area contributed by atoms with Crippen LogP contribution in [0.2, 0.25) is 0 Å². The Hall–Kier alpha value is -1.59. The summed E-state index contributed by atoms with van der Waals surface area (Å²) < 4.78 is 16.9. The lowest BCUT2D eigenvalue weighted by atomic mass is 10.0. The second kappa shape index (κ2) is 53.8. The molecule has 0 aromatic heterocycles. The SMILES string of the molecule is CCCCCCCCCCCCCCCCCCCCC(=O)O[C@H](COC(=O)CCCCCCCCCCCCCCCCC(C)C)COC(=O)CCCCCCCCCCCCCC(C)C. The minimum Gasteiger partial charge on any atom is -0.462 e. The molecule has 0 radical (unpaired) electrons. The highest BCUT2D eigenvalue weighted by Crippen LogP contribution is 2.18. The van der Waals surface area contributed by atoms with Crippen LogP contribution in [0.5, 0.6) is 0 Å². The van der Waals surface area contributed by atoms with Crippen LogP contribution in [0.15, 0.2) is 0 Å². The Morgan fingerprint density at radius 1 is 0.284 bits per heavy atom. The van der Waals surface area contributed by atoms with E-state index in [2.05, 4.69) is 34.6 Å². The van der Waals surface area contributed by atoms with E-state index in [0.717, 1.165) is 69.6 Å². The van der Waals surface area contributed by atoms with Gasteiger partial charge in [-0.05, 0) is 31.1 Å². The fourth-order valence-corrected chi connectivity index (χ4v) is 9.40. The second-order valence-corrected chi connectivity index (χ2v) is 21.9. The number of hydrogen-bond donors (Lipinski definition) is 0. The lowest BCUT2D eigenvalue weighted by molar-refractivity contribution is -0.167. The van der Waals surface area contributed by atoms with Crippen molar-refractivity contribution < 1.29 is 28.6 Å². The largest absolute Gasteiger partial charge is 0.462 e. The molecule has 0 rings (SSSR count). The number of carbonyl (C=O) groups excluding carboxylic acids is 3. The molecule has 6 heteroatoms. The van der Waals surface area contributed by atoms with Crippen LogP contribution < -0.4 is 0 Å². The zero-order valence-corrected chi connectivity index (χ0v) is 46.0. The average Bonchev–Trinajstić information content (AvgIpc) is 3.30. The molecule has 398 valence electrons. The fraction of sp³-hybridized carbons (Fsp3) is 0.951. The number of ether oxygens (including phenoxy) is 3. The maximum Gasteiger partial charge on any atom is 0.306 e. The van der Waals surface area contributed by atoms with Gasteiger partial charge in [-0.3, -0.25) is 14.4 Å². The topological polar surface area (TPSA) is 78.9 Å². The number of carbonyl (C=O) groups is 3. The molecule has 0 saturated heterocycles. The van der Waals surface area contributed by atoms with Gasteiger partial charge in [0.2, 0.25) is 0 Å². The van der Waals surface area contributed by atoms with E-state index in [-0.39, 0.29) is 31.1 Å². The Morgan fingerprint density at radius 2 is 0.493 bits per heavy atom. The molecule has 0 unspecified atom stereocenters. The van der Waals surface area contributed by atoms with Gasteiger partial charge in [0.15, 0.2) is 6.10 Å². The maximum atomic E-state index is 12.9. The average molecular weight is 948 g/mol. The van der Waals surface area contributed by atoms with Crippen LogP contribution in [0.4, 0.5) is 0 Å². The van der Waals surface area contributed by atoms with Crippen LogP contribution in [0.1, 0.15) is 343 Å². The minimum atomic E-state index is -0.763. The summed E-state index contributed by atoms with van der Waals surface area (Å²) in [5.74, 6) is 0.835. The van der Waals surface area contributed by atoms with Crippen LogP contribution in [0.25, 0.3) is 0 Å². The predicted octanol–water partition coefficient (Wildman–Crippen LogP) is 20.0. The first-order valence-corrected chi connectivity index (χ1v) is 30.2. The molecule has 1 atom stereocenters. The summed E-state index contributed by atoms with van der Waals surface area (Å²) in [6, 6.07) is 0. The number of rotatable bonds is 55. The summed E-state index contributed by atoms with van der Waals surface area (Å²) in [6.07, 6.45) is 58.1. The third-order valence-electron chi connectivity index (χ3n) is 14.0. The lowest BCUT2D eigenvalue weighted by Crippen LogP contribution is -2.30. The van der Waals surface area contributed by atoms with E-state index in [9.17, 15) is 14.4 Å². The molecule has 0 heterocycles. The molecule has 0 aromatic rings. The van der Waals surface area contributed by atoms with Crippen molar-refractivity contribution >= 4 is 17.9 Å². The molecule has 0 aromatic carbocycles. The van der Waals surface area contributed by atoms with Crippen molar-refractivity contribution in [3.05, 3.63) is 0 Å². The zero-order chi connectivity index (χ0) is 48.9. The van der Waals surface area contributed by atoms with E-state index >= 15 is 0 Å². The first kappa shape index (κ1) is 65.4. The molecule has 0 N–H and O–H groups in total. The van der Waals surface area contributed by atoms with Crippen molar-refractivity contribution in [3.8, 4) is 0 Å². The molecular formula is C61H118O6. The predicted molar refractivity (Wildman–Crippen MR) is 289 cm³/mol. The smallest absolute Gasteiger partial charge is 0.306 e. The van der Waals surface area contributed by atoms with Crippen molar-refractivity contribution in [2.75, 3.05) is 13.2 Å². The molecule has 0 aliphatic heterocycles. The van der Waals surface area contributed by atoms with E-state index in [4.69, 9.17) is 14.2 Å². The molecule has 0 aliphatic carbocycles. The zero-order valence-electron chi connectivity index (χ0n) is 46.0. The van der Waals surface area contributed by atoms with Gasteiger partial charge in [-0.2, -0.15) is 0 Å². The van der Waals surface area contributed by atoms with Crippen LogP contribution >= 0.6 is 0 Å². The Kier molecular flexibility index (Phi) is 52.5. The van der Waals surface area contributed by atoms with Gasteiger partial charge in [0.05, 0.1) is 0 Å². The number of unbranched alkanes of at least 4 members (excludes halogenated alkanes) is 40. The molecule has 67 heavy (non-hydrogen) atoms.